The number of carbonyl (C=O) groups excluding carboxylic acids is 2. The van der Waals surface area contributed by atoms with E-state index in [-0.39, 0.29) is 22.3 Å². The summed E-state index contributed by atoms with van der Waals surface area (Å²) in [7, 11) is 0. The number of carboxylic acids is 2. The zero-order valence-electron chi connectivity index (χ0n) is 11.1. The quantitative estimate of drug-likeness (QED) is 0.522. The Morgan fingerprint density at radius 1 is 0.773 bits per heavy atom. The summed E-state index contributed by atoms with van der Waals surface area (Å²) in [6.45, 7) is 0. The molecule has 0 fully saturated rings. The van der Waals surface area contributed by atoms with Gasteiger partial charge in [0.1, 0.15) is 0 Å². The summed E-state index contributed by atoms with van der Waals surface area (Å²) in [5.41, 5.74) is 9.48. The number of amides is 2. The molecule has 2 amide bonds. The second-order valence-electron chi connectivity index (χ2n) is 4.07. The Labute approximate surface area is 124 Å². The minimum absolute atomic E-state index is 0.0105. The Morgan fingerprint density at radius 2 is 1.09 bits per heavy atom. The van der Waals surface area contributed by atoms with E-state index in [1.807, 2.05) is 0 Å². The molecule has 1 aromatic rings. The zero-order valence-corrected chi connectivity index (χ0v) is 11.1. The first-order valence-corrected chi connectivity index (χ1v) is 5.82. The minimum Gasteiger partial charge on any atom is -0.478 e. The van der Waals surface area contributed by atoms with Crippen molar-refractivity contribution in [2.24, 2.45) is 11.5 Å². The van der Waals surface area contributed by atoms with Crippen LogP contribution in [-0.2, 0) is 19.2 Å². The molecule has 1 aromatic carbocycles. The maximum atomic E-state index is 11.4. The number of carbonyl (C=O) groups is 4. The van der Waals surface area contributed by atoms with E-state index in [4.69, 9.17) is 21.7 Å². The van der Waals surface area contributed by atoms with Crippen LogP contribution in [0, 0.1) is 0 Å². The zero-order chi connectivity index (χ0) is 16.9. The van der Waals surface area contributed by atoms with Crippen molar-refractivity contribution in [3.8, 4) is 0 Å². The van der Waals surface area contributed by atoms with Gasteiger partial charge in [0.15, 0.2) is 0 Å². The number of carboxylic acid groups (broad SMARTS) is 2. The molecular weight excluding hydrogens is 292 g/mol. The van der Waals surface area contributed by atoms with Crippen molar-refractivity contribution in [2.75, 3.05) is 0 Å². The number of benzene rings is 1. The molecule has 0 aromatic heterocycles. The van der Waals surface area contributed by atoms with Crippen molar-refractivity contribution in [3.05, 3.63) is 47.5 Å². The molecule has 0 saturated heterocycles. The van der Waals surface area contributed by atoms with E-state index in [9.17, 15) is 19.2 Å². The molecule has 0 heterocycles. The SMILES string of the molecule is NC(=O)/C(=C\C(=O)O)c1ccccc1/C(=C/C(=O)O)C(N)=O. The normalized spacial score (nSPS) is 11.8. The monoisotopic (exact) mass is 304 g/mol. The fraction of sp³-hybridized carbons (Fsp3) is 0. The first kappa shape index (κ1) is 16.6. The fourth-order valence-electron chi connectivity index (χ4n) is 1.76. The lowest BCUT2D eigenvalue weighted by Crippen LogP contribution is -2.18. The van der Waals surface area contributed by atoms with E-state index >= 15 is 0 Å². The van der Waals surface area contributed by atoms with Gasteiger partial charge in [0.05, 0.1) is 11.1 Å². The van der Waals surface area contributed by atoms with Crippen LogP contribution in [0.3, 0.4) is 0 Å². The molecule has 0 aliphatic carbocycles. The molecule has 0 aliphatic heterocycles. The van der Waals surface area contributed by atoms with Crippen LogP contribution in [0.25, 0.3) is 11.1 Å². The molecule has 0 saturated carbocycles. The van der Waals surface area contributed by atoms with Crippen LogP contribution in [0.15, 0.2) is 36.4 Å². The van der Waals surface area contributed by atoms with Crippen LogP contribution in [0.4, 0.5) is 0 Å². The first-order valence-electron chi connectivity index (χ1n) is 5.82. The molecule has 0 bridgehead atoms. The molecule has 6 N–H and O–H groups in total. The fourth-order valence-corrected chi connectivity index (χ4v) is 1.76. The van der Waals surface area contributed by atoms with Crippen molar-refractivity contribution in [1.29, 1.82) is 0 Å². The van der Waals surface area contributed by atoms with Crippen molar-refractivity contribution >= 4 is 34.9 Å². The summed E-state index contributed by atoms with van der Waals surface area (Å²) in [5.74, 6) is -4.94. The van der Waals surface area contributed by atoms with Crippen molar-refractivity contribution < 1.29 is 29.4 Å². The van der Waals surface area contributed by atoms with Crippen LogP contribution >= 0.6 is 0 Å². The van der Waals surface area contributed by atoms with Gasteiger partial charge in [-0.3, -0.25) is 9.59 Å². The van der Waals surface area contributed by atoms with E-state index in [1.54, 1.807) is 0 Å². The van der Waals surface area contributed by atoms with Crippen molar-refractivity contribution in [2.45, 2.75) is 0 Å². The average molecular weight is 304 g/mol. The standard InChI is InChI=1S/C14H12N2O6/c15-13(21)9(5-11(17)18)7-3-1-2-4-8(7)10(14(16)22)6-12(19)20/h1-6H,(H2,15,21)(H2,16,22)(H,17,18)(H,19,20)/b9-5-,10-6-. The van der Waals surface area contributed by atoms with Crippen LogP contribution in [0.1, 0.15) is 11.1 Å². The summed E-state index contributed by atoms with van der Waals surface area (Å²) >= 11 is 0. The number of aliphatic carboxylic acids is 2. The van der Waals surface area contributed by atoms with Crippen molar-refractivity contribution in [1.82, 2.24) is 0 Å². The maximum Gasteiger partial charge on any atom is 0.329 e. The topological polar surface area (TPSA) is 161 Å². The summed E-state index contributed by atoms with van der Waals surface area (Å²) in [4.78, 5) is 44.5. The van der Waals surface area contributed by atoms with E-state index in [0.717, 1.165) is 0 Å². The highest BCUT2D eigenvalue weighted by molar-refractivity contribution is 6.27. The first-order chi connectivity index (χ1) is 10.2. The summed E-state index contributed by atoms with van der Waals surface area (Å²) in [5, 5.41) is 17.6. The van der Waals surface area contributed by atoms with Crippen molar-refractivity contribution in [3.63, 3.8) is 0 Å². The molecule has 0 atom stereocenters. The Balaban J connectivity index is 3.66. The van der Waals surface area contributed by atoms with Crippen LogP contribution in [0.2, 0.25) is 0 Å². The predicted molar refractivity (Wildman–Crippen MR) is 76.1 cm³/mol. The second-order valence-corrected chi connectivity index (χ2v) is 4.07. The van der Waals surface area contributed by atoms with Gasteiger partial charge in [-0.1, -0.05) is 24.3 Å². The highest BCUT2D eigenvalue weighted by atomic mass is 16.4. The number of hydrogen-bond acceptors (Lipinski definition) is 4. The third-order valence-electron chi connectivity index (χ3n) is 2.57. The molecule has 22 heavy (non-hydrogen) atoms. The third-order valence-corrected chi connectivity index (χ3v) is 2.57. The number of hydrogen-bond donors (Lipinski definition) is 4. The van der Waals surface area contributed by atoms with Gasteiger partial charge >= 0.3 is 11.9 Å². The highest BCUT2D eigenvalue weighted by Crippen LogP contribution is 2.25. The van der Waals surface area contributed by atoms with Crippen LogP contribution < -0.4 is 11.5 Å². The Morgan fingerprint density at radius 3 is 1.32 bits per heavy atom. The van der Waals surface area contributed by atoms with E-state index in [2.05, 4.69) is 0 Å². The lowest BCUT2D eigenvalue weighted by molar-refractivity contribution is -0.132. The molecule has 1 rings (SSSR count). The lowest BCUT2D eigenvalue weighted by Gasteiger charge is -2.11. The van der Waals surface area contributed by atoms with Gasteiger partial charge in [0.25, 0.3) is 0 Å². The Hall–Kier alpha value is -3.42. The highest BCUT2D eigenvalue weighted by Gasteiger charge is 2.19. The molecule has 0 spiro atoms. The van der Waals surface area contributed by atoms with Gasteiger partial charge in [0.2, 0.25) is 11.8 Å². The van der Waals surface area contributed by atoms with Gasteiger partial charge in [-0.05, 0) is 11.1 Å². The smallest absolute Gasteiger partial charge is 0.329 e. The average Bonchev–Trinajstić information content (AvgIpc) is 2.41. The molecular formula is C14H12N2O6. The van der Waals surface area contributed by atoms with Crippen LogP contribution in [-0.4, -0.2) is 34.0 Å². The van der Waals surface area contributed by atoms with Crippen LogP contribution in [0.5, 0.6) is 0 Å². The summed E-state index contributed by atoms with van der Waals surface area (Å²) in [6.07, 6.45) is 1.14. The molecule has 8 nitrogen and oxygen atoms in total. The van der Waals surface area contributed by atoms with Gasteiger partial charge in [-0.25, -0.2) is 9.59 Å². The molecule has 114 valence electrons. The molecule has 0 radical (unpaired) electrons. The number of nitrogens with two attached hydrogens (primary N) is 2. The predicted octanol–water partition coefficient (Wildman–Crippen LogP) is -0.407. The lowest BCUT2D eigenvalue weighted by atomic mass is 9.93. The van der Waals surface area contributed by atoms with Gasteiger partial charge in [-0.2, -0.15) is 0 Å². The maximum absolute atomic E-state index is 11.4. The third kappa shape index (κ3) is 4.04. The minimum atomic E-state index is -1.42. The Bertz CT molecular complexity index is 657. The number of primary amides is 2. The molecule has 0 unspecified atom stereocenters. The molecule has 8 heteroatoms. The summed E-state index contributed by atoms with van der Waals surface area (Å²) < 4.78 is 0. The number of rotatable bonds is 6. The largest absolute Gasteiger partial charge is 0.478 e. The van der Waals surface area contributed by atoms with E-state index in [0.29, 0.717) is 12.2 Å². The van der Waals surface area contributed by atoms with Gasteiger partial charge in [0, 0.05) is 12.2 Å². The molecule has 0 aliphatic rings. The van der Waals surface area contributed by atoms with Gasteiger partial charge in [-0.15, -0.1) is 0 Å². The van der Waals surface area contributed by atoms with Gasteiger partial charge < -0.3 is 21.7 Å². The van der Waals surface area contributed by atoms with E-state index < -0.39 is 23.8 Å². The summed E-state index contributed by atoms with van der Waals surface area (Å²) in [6, 6.07) is 5.59. The Kier molecular flexibility index (Phi) is 5.17. The second kappa shape index (κ2) is 6.84. The van der Waals surface area contributed by atoms with E-state index in [1.165, 1.54) is 24.3 Å².